The quantitative estimate of drug-likeness (QED) is 0.619. The normalized spacial score (nSPS) is 12.5. The molecule has 1 aromatic heterocycles. The van der Waals surface area contributed by atoms with Crippen LogP contribution in [0.5, 0.6) is 5.75 Å². The summed E-state index contributed by atoms with van der Waals surface area (Å²) in [6, 6.07) is 3.63. The van der Waals surface area contributed by atoms with Gasteiger partial charge in [-0.15, -0.1) is 0 Å². The number of hydrogen-bond acceptors (Lipinski definition) is 5. The summed E-state index contributed by atoms with van der Waals surface area (Å²) in [5, 5.41) is 2.42. The number of carbonyl (C=O) groups is 1. The van der Waals surface area contributed by atoms with E-state index in [0.29, 0.717) is 0 Å². The van der Waals surface area contributed by atoms with Crippen LogP contribution in [0.2, 0.25) is 0 Å². The minimum absolute atomic E-state index is 0.0231. The van der Waals surface area contributed by atoms with Gasteiger partial charge in [0.05, 0.1) is 11.6 Å². The lowest BCUT2D eigenvalue weighted by molar-refractivity contribution is -0.137. The molecule has 26 heavy (non-hydrogen) atoms. The number of alkyl halides is 3. The molecule has 5 N–H and O–H groups in total. The van der Waals surface area contributed by atoms with Gasteiger partial charge in [0, 0.05) is 0 Å². The van der Waals surface area contributed by atoms with Crippen LogP contribution in [0.4, 0.5) is 18.9 Å². The Morgan fingerprint density at radius 1 is 1.31 bits per heavy atom. The molecule has 0 fully saturated rings. The molecular formula is C15H15F3N4O4. The second-order valence-electron chi connectivity index (χ2n) is 5.41. The lowest BCUT2D eigenvalue weighted by Crippen LogP contribution is -2.40. The van der Waals surface area contributed by atoms with Gasteiger partial charge in [0.15, 0.2) is 0 Å². The van der Waals surface area contributed by atoms with Crippen molar-refractivity contribution in [3.05, 3.63) is 56.4 Å². The van der Waals surface area contributed by atoms with Crippen molar-refractivity contribution in [2.24, 2.45) is 0 Å². The topological polar surface area (TPSA) is 130 Å². The van der Waals surface area contributed by atoms with Gasteiger partial charge in [-0.25, -0.2) is 4.79 Å². The van der Waals surface area contributed by atoms with E-state index in [2.05, 4.69) is 10.3 Å². The molecule has 2 rings (SSSR count). The van der Waals surface area contributed by atoms with Crippen LogP contribution < -0.4 is 27.0 Å². The number of hydrogen-bond donors (Lipinski definition) is 4. The fraction of sp³-hybridized carbons (Fsp3) is 0.267. The van der Waals surface area contributed by atoms with Crippen LogP contribution in [-0.4, -0.2) is 28.5 Å². The van der Waals surface area contributed by atoms with Crippen molar-refractivity contribution in [3.63, 3.8) is 0 Å². The second kappa shape index (κ2) is 7.33. The summed E-state index contributed by atoms with van der Waals surface area (Å²) in [4.78, 5) is 38.6. The third-order valence-corrected chi connectivity index (χ3v) is 3.25. The Labute approximate surface area is 144 Å². The van der Waals surface area contributed by atoms with E-state index in [1.807, 2.05) is 4.98 Å². The van der Waals surface area contributed by atoms with E-state index in [9.17, 15) is 27.6 Å². The number of nitrogen functional groups attached to an aromatic ring is 1. The zero-order valence-corrected chi connectivity index (χ0v) is 13.4. The first-order valence-corrected chi connectivity index (χ1v) is 7.31. The molecule has 0 bridgehead atoms. The van der Waals surface area contributed by atoms with Gasteiger partial charge in [0.25, 0.3) is 11.5 Å². The maximum atomic E-state index is 12.6. The molecular weight excluding hydrogens is 357 g/mol. The molecule has 140 valence electrons. The molecule has 0 spiro atoms. The molecule has 0 radical (unpaired) electrons. The molecule has 0 unspecified atom stereocenters. The second-order valence-corrected chi connectivity index (χ2v) is 5.41. The zero-order chi connectivity index (χ0) is 19.5. The molecule has 0 saturated carbocycles. The van der Waals surface area contributed by atoms with Crippen LogP contribution in [0, 0.1) is 0 Å². The number of rotatable bonds is 5. The molecule has 1 atom stereocenters. The fourth-order valence-corrected chi connectivity index (χ4v) is 2.00. The Balaban J connectivity index is 2.01. The molecule has 0 aliphatic heterocycles. The number of aromatic amines is 2. The summed E-state index contributed by atoms with van der Waals surface area (Å²) < 4.78 is 43.2. The van der Waals surface area contributed by atoms with E-state index in [1.165, 1.54) is 19.1 Å². The van der Waals surface area contributed by atoms with Gasteiger partial charge < -0.3 is 20.8 Å². The molecule has 0 aliphatic rings. The predicted octanol–water partition coefficient (Wildman–Crippen LogP) is 0.861. The molecule has 1 amide bonds. The molecule has 1 heterocycles. The highest BCUT2D eigenvalue weighted by molar-refractivity contribution is 5.96. The summed E-state index contributed by atoms with van der Waals surface area (Å²) in [6.45, 7) is 1.37. The highest BCUT2D eigenvalue weighted by Gasteiger charge is 2.30. The number of benzene rings is 1. The summed E-state index contributed by atoms with van der Waals surface area (Å²) in [5.41, 5.74) is 1.89. The van der Waals surface area contributed by atoms with Crippen molar-refractivity contribution in [2.75, 3.05) is 12.3 Å². The van der Waals surface area contributed by atoms with Gasteiger partial charge in [-0.1, -0.05) is 6.07 Å². The van der Waals surface area contributed by atoms with Crippen molar-refractivity contribution in [3.8, 4) is 5.75 Å². The first-order chi connectivity index (χ1) is 12.1. The predicted molar refractivity (Wildman–Crippen MR) is 86.0 cm³/mol. The first-order valence-electron chi connectivity index (χ1n) is 7.31. The summed E-state index contributed by atoms with van der Waals surface area (Å²) in [7, 11) is 0. The summed E-state index contributed by atoms with van der Waals surface area (Å²) in [5.74, 6) is -0.851. The van der Waals surface area contributed by atoms with Crippen molar-refractivity contribution < 1.29 is 22.7 Å². The lowest BCUT2D eigenvalue weighted by Gasteiger charge is -2.16. The largest absolute Gasteiger partial charge is 0.491 e. The Morgan fingerprint density at radius 3 is 2.65 bits per heavy atom. The number of amides is 1. The average molecular weight is 372 g/mol. The number of halogens is 3. The van der Waals surface area contributed by atoms with Crippen molar-refractivity contribution >= 4 is 11.6 Å². The maximum absolute atomic E-state index is 12.6. The maximum Gasteiger partial charge on any atom is 0.416 e. The Kier molecular flexibility index (Phi) is 5.38. The van der Waals surface area contributed by atoms with E-state index >= 15 is 0 Å². The average Bonchev–Trinajstić information content (AvgIpc) is 2.55. The number of aromatic nitrogens is 2. The minimum Gasteiger partial charge on any atom is -0.491 e. The number of ether oxygens (including phenoxy) is 1. The summed E-state index contributed by atoms with van der Waals surface area (Å²) >= 11 is 0. The van der Waals surface area contributed by atoms with Gasteiger partial charge >= 0.3 is 11.9 Å². The van der Waals surface area contributed by atoms with Gasteiger partial charge in [-0.3, -0.25) is 14.6 Å². The van der Waals surface area contributed by atoms with Crippen molar-refractivity contribution in [1.29, 1.82) is 0 Å². The molecule has 11 heteroatoms. The summed E-state index contributed by atoms with van der Waals surface area (Å²) in [6.07, 6.45) is -4.50. The van der Waals surface area contributed by atoms with Gasteiger partial charge in [0.2, 0.25) is 0 Å². The number of anilines is 1. The lowest BCUT2D eigenvalue weighted by atomic mass is 10.2. The highest BCUT2D eigenvalue weighted by atomic mass is 19.4. The number of H-pyrrole nitrogens is 2. The molecule has 8 nitrogen and oxygen atoms in total. The Hall–Kier alpha value is -3.24. The van der Waals surface area contributed by atoms with E-state index in [0.717, 1.165) is 12.1 Å². The van der Waals surface area contributed by atoms with Crippen LogP contribution in [-0.2, 0) is 6.18 Å². The molecule has 1 aromatic carbocycles. The Morgan fingerprint density at radius 2 is 2.00 bits per heavy atom. The Bertz CT molecular complexity index is 920. The molecule has 0 saturated heterocycles. The highest BCUT2D eigenvalue weighted by Crippen LogP contribution is 2.31. The SMILES string of the molecule is C[C@H](COc1cccc(C(F)(F)F)c1)NC(=O)c1[nH]c(=O)[nH]c(=O)c1N. The van der Waals surface area contributed by atoms with Crippen molar-refractivity contribution in [1.82, 2.24) is 15.3 Å². The third kappa shape index (κ3) is 4.65. The monoisotopic (exact) mass is 372 g/mol. The van der Waals surface area contributed by atoms with Crippen LogP contribution >= 0.6 is 0 Å². The van der Waals surface area contributed by atoms with Gasteiger partial charge in [0.1, 0.15) is 23.7 Å². The van der Waals surface area contributed by atoms with E-state index in [1.54, 1.807) is 0 Å². The smallest absolute Gasteiger partial charge is 0.416 e. The van der Waals surface area contributed by atoms with Crippen LogP contribution in [0.25, 0.3) is 0 Å². The van der Waals surface area contributed by atoms with Crippen LogP contribution in [0.15, 0.2) is 33.9 Å². The molecule has 0 aliphatic carbocycles. The number of nitrogens with two attached hydrogens (primary N) is 1. The first kappa shape index (κ1) is 19.1. The van der Waals surface area contributed by atoms with E-state index in [4.69, 9.17) is 10.5 Å². The number of carbonyl (C=O) groups excluding carboxylic acids is 1. The van der Waals surface area contributed by atoms with Crippen LogP contribution in [0.3, 0.4) is 0 Å². The van der Waals surface area contributed by atoms with Gasteiger partial charge in [-0.2, -0.15) is 13.2 Å². The standard InChI is InChI=1S/C15H15F3N4O4/c1-7(6-26-9-4-2-3-8(5-9)15(16,17)18)20-13(24)11-10(19)12(23)22-14(25)21-11/h2-5,7H,6,19H2,1H3,(H,20,24)(H2,21,22,23,25)/t7-/m1/s1. The zero-order valence-electron chi connectivity index (χ0n) is 13.4. The van der Waals surface area contributed by atoms with Crippen LogP contribution in [0.1, 0.15) is 23.0 Å². The minimum atomic E-state index is -4.50. The van der Waals surface area contributed by atoms with Gasteiger partial charge in [-0.05, 0) is 25.1 Å². The van der Waals surface area contributed by atoms with Crippen molar-refractivity contribution in [2.45, 2.75) is 19.1 Å². The number of nitrogens with one attached hydrogen (secondary N) is 3. The van der Waals surface area contributed by atoms with E-state index in [-0.39, 0.29) is 12.4 Å². The third-order valence-electron chi connectivity index (χ3n) is 3.25. The molecule has 2 aromatic rings. The van der Waals surface area contributed by atoms with E-state index < -0.39 is 46.3 Å². The fourth-order valence-electron chi connectivity index (χ4n) is 2.00.